The number of aryl methyl sites for hydroxylation is 1. The Hall–Kier alpha value is -2.70. The van der Waals surface area contributed by atoms with E-state index in [0.717, 1.165) is 37.3 Å². The monoisotopic (exact) mass is 300 g/mol. The molecule has 0 saturated carbocycles. The zero-order chi connectivity index (χ0) is 15.1. The van der Waals surface area contributed by atoms with E-state index in [2.05, 4.69) is 19.7 Å². The molecule has 0 atom stereocenters. The molecule has 1 aromatic carbocycles. The maximum atomic E-state index is 13.1. The number of aromatic nitrogens is 4. The van der Waals surface area contributed by atoms with Gasteiger partial charge < -0.3 is 14.2 Å². The number of aromatic hydroxyl groups is 1. The van der Waals surface area contributed by atoms with Gasteiger partial charge in [-0.2, -0.15) is 4.98 Å². The van der Waals surface area contributed by atoms with E-state index < -0.39 is 11.6 Å². The van der Waals surface area contributed by atoms with E-state index in [0.29, 0.717) is 17.3 Å². The third-order valence-corrected chi connectivity index (χ3v) is 3.82. The number of fused-ring (bicyclic) bond motifs is 1. The number of hydrogen-bond acceptors (Lipinski definition) is 5. The largest absolute Gasteiger partial charge is 0.505 e. The van der Waals surface area contributed by atoms with Crippen LogP contribution in [0.2, 0.25) is 0 Å². The van der Waals surface area contributed by atoms with Crippen molar-refractivity contribution < 1.29 is 14.0 Å². The minimum Gasteiger partial charge on any atom is -0.505 e. The Morgan fingerprint density at radius 1 is 1.27 bits per heavy atom. The summed E-state index contributed by atoms with van der Waals surface area (Å²) in [5.41, 5.74) is 1.28. The first-order valence-corrected chi connectivity index (χ1v) is 7.10. The molecular formula is C15H13FN4O2. The molecule has 22 heavy (non-hydrogen) atoms. The van der Waals surface area contributed by atoms with Crippen LogP contribution >= 0.6 is 0 Å². The molecule has 3 aromatic rings. The second-order valence-electron chi connectivity index (χ2n) is 5.26. The summed E-state index contributed by atoms with van der Waals surface area (Å²) in [6.45, 7) is 0.889. The third-order valence-electron chi connectivity index (χ3n) is 3.82. The van der Waals surface area contributed by atoms with Crippen LogP contribution < -0.4 is 0 Å². The molecule has 112 valence electrons. The quantitative estimate of drug-likeness (QED) is 0.787. The summed E-state index contributed by atoms with van der Waals surface area (Å²) >= 11 is 0. The Labute approximate surface area is 125 Å². The molecule has 6 nitrogen and oxygen atoms in total. The number of rotatable bonds is 2. The van der Waals surface area contributed by atoms with Crippen LogP contribution in [-0.2, 0) is 13.0 Å². The van der Waals surface area contributed by atoms with Gasteiger partial charge in [0.1, 0.15) is 11.5 Å². The molecule has 0 aliphatic carbocycles. The Morgan fingerprint density at radius 2 is 2.18 bits per heavy atom. The van der Waals surface area contributed by atoms with Crippen LogP contribution in [-0.4, -0.2) is 24.8 Å². The molecule has 0 spiro atoms. The minimum absolute atomic E-state index is 0.302. The van der Waals surface area contributed by atoms with E-state index in [1.807, 2.05) is 0 Å². The zero-order valence-corrected chi connectivity index (χ0v) is 11.7. The summed E-state index contributed by atoms with van der Waals surface area (Å²) in [5.74, 6) is 0.583. The highest BCUT2D eigenvalue weighted by Gasteiger charge is 2.20. The van der Waals surface area contributed by atoms with E-state index in [1.54, 1.807) is 6.20 Å². The van der Waals surface area contributed by atoms with Gasteiger partial charge in [0.05, 0.1) is 6.20 Å². The summed E-state index contributed by atoms with van der Waals surface area (Å²) in [5, 5.41) is 13.3. The lowest BCUT2D eigenvalue weighted by Crippen LogP contribution is -2.11. The Kier molecular flexibility index (Phi) is 2.92. The van der Waals surface area contributed by atoms with Crippen molar-refractivity contribution in [3.8, 4) is 28.7 Å². The molecule has 0 bridgehead atoms. The highest BCUT2D eigenvalue weighted by molar-refractivity contribution is 5.59. The van der Waals surface area contributed by atoms with Crippen molar-refractivity contribution in [1.82, 2.24) is 19.7 Å². The molecule has 0 fully saturated rings. The van der Waals surface area contributed by atoms with E-state index in [9.17, 15) is 9.50 Å². The van der Waals surface area contributed by atoms with E-state index >= 15 is 0 Å². The van der Waals surface area contributed by atoms with Gasteiger partial charge in [-0.25, -0.2) is 9.37 Å². The second kappa shape index (κ2) is 4.94. The minimum atomic E-state index is -0.683. The lowest BCUT2D eigenvalue weighted by molar-refractivity contribution is 0.424. The van der Waals surface area contributed by atoms with Gasteiger partial charge in [0.25, 0.3) is 5.89 Å². The third kappa shape index (κ3) is 2.05. The molecule has 0 unspecified atom stereocenters. The van der Waals surface area contributed by atoms with Crippen LogP contribution in [0.5, 0.6) is 5.75 Å². The van der Waals surface area contributed by atoms with Crippen LogP contribution in [0.4, 0.5) is 4.39 Å². The van der Waals surface area contributed by atoms with Gasteiger partial charge in [0, 0.05) is 18.5 Å². The number of halogens is 1. The molecule has 4 rings (SSSR count). The van der Waals surface area contributed by atoms with Crippen LogP contribution in [0, 0.1) is 5.82 Å². The smallest absolute Gasteiger partial charge is 0.276 e. The first-order valence-electron chi connectivity index (χ1n) is 7.10. The molecule has 3 heterocycles. The number of hydrogen-bond donors (Lipinski definition) is 1. The molecule has 0 amide bonds. The van der Waals surface area contributed by atoms with Crippen LogP contribution in [0.25, 0.3) is 23.0 Å². The van der Waals surface area contributed by atoms with Gasteiger partial charge in [0.2, 0.25) is 5.82 Å². The standard InChI is InChI=1S/C15H13FN4O2/c16-10-5-4-9(7-12(10)21)14-18-15(22-19-14)11-8-17-13-3-1-2-6-20(11)13/h4-5,7-8,21H,1-3,6H2. The molecule has 1 N–H and O–H groups in total. The van der Waals surface area contributed by atoms with Gasteiger partial charge in [-0.15, -0.1) is 0 Å². The molecule has 0 radical (unpaired) electrons. The SMILES string of the molecule is Oc1cc(-c2noc(-c3cnc4n3CCCC4)n2)ccc1F. The lowest BCUT2D eigenvalue weighted by atomic mass is 10.1. The van der Waals surface area contributed by atoms with Gasteiger partial charge >= 0.3 is 0 Å². The van der Waals surface area contributed by atoms with Crippen molar-refractivity contribution in [2.45, 2.75) is 25.8 Å². The fraction of sp³-hybridized carbons (Fsp3) is 0.267. The fourth-order valence-corrected chi connectivity index (χ4v) is 2.68. The van der Waals surface area contributed by atoms with E-state index in [4.69, 9.17) is 4.52 Å². The zero-order valence-electron chi connectivity index (χ0n) is 11.7. The summed E-state index contributed by atoms with van der Waals surface area (Å²) in [6, 6.07) is 3.94. The molecule has 2 aromatic heterocycles. The maximum absolute atomic E-state index is 13.1. The van der Waals surface area contributed by atoms with Gasteiger partial charge in [-0.05, 0) is 31.0 Å². The summed E-state index contributed by atoms with van der Waals surface area (Å²) in [4.78, 5) is 8.72. The summed E-state index contributed by atoms with van der Waals surface area (Å²) in [7, 11) is 0. The first-order chi connectivity index (χ1) is 10.7. The molecule has 7 heteroatoms. The van der Waals surface area contributed by atoms with Gasteiger partial charge in [-0.1, -0.05) is 5.16 Å². The van der Waals surface area contributed by atoms with Crippen molar-refractivity contribution in [3.05, 3.63) is 36.0 Å². The second-order valence-corrected chi connectivity index (χ2v) is 5.26. The highest BCUT2D eigenvalue weighted by atomic mass is 19.1. The van der Waals surface area contributed by atoms with E-state index in [1.165, 1.54) is 18.2 Å². The molecule has 0 saturated heterocycles. The Morgan fingerprint density at radius 3 is 3.05 bits per heavy atom. The van der Waals surface area contributed by atoms with Crippen molar-refractivity contribution in [2.75, 3.05) is 0 Å². The summed E-state index contributed by atoms with van der Waals surface area (Å²) < 4.78 is 20.5. The lowest BCUT2D eigenvalue weighted by Gasteiger charge is -2.14. The average Bonchev–Trinajstić information content (AvgIpc) is 3.16. The normalized spacial score (nSPS) is 14.0. The topological polar surface area (TPSA) is 77.0 Å². The number of benzene rings is 1. The molecular weight excluding hydrogens is 287 g/mol. The predicted molar refractivity (Wildman–Crippen MR) is 75.5 cm³/mol. The van der Waals surface area contributed by atoms with E-state index in [-0.39, 0.29) is 0 Å². The highest BCUT2D eigenvalue weighted by Crippen LogP contribution is 2.28. The van der Waals surface area contributed by atoms with Crippen LogP contribution in [0.15, 0.2) is 28.9 Å². The first kappa shape index (κ1) is 13.0. The fourth-order valence-electron chi connectivity index (χ4n) is 2.68. The number of phenols is 1. The maximum Gasteiger partial charge on any atom is 0.276 e. The van der Waals surface area contributed by atoms with Crippen LogP contribution in [0.3, 0.4) is 0 Å². The average molecular weight is 300 g/mol. The van der Waals surface area contributed by atoms with Crippen molar-refractivity contribution in [2.24, 2.45) is 0 Å². The number of phenolic OH excluding ortho intramolecular Hbond substituents is 1. The summed E-state index contributed by atoms with van der Waals surface area (Å²) in [6.07, 6.45) is 4.93. The Balaban J connectivity index is 1.72. The van der Waals surface area contributed by atoms with Crippen LogP contribution in [0.1, 0.15) is 18.7 Å². The van der Waals surface area contributed by atoms with Crippen molar-refractivity contribution in [3.63, 3.8) is 0 Å². The number of nitrogens with zero attached hydrogens (tertiary/aromatic N) is 4. The Bertz CT molecular complexity index is 840. The van der Waals surface area contributed by atoms with Crippen molar-refractivity contribution in [1.29, 1.82) is 0 Å². The predicted octanol–water partition coefficient (Wildman–Crippen LogP) is 2.78. The van der Waals surface area contributed by atoms with Crippen molar-refractivity contribution >= 4 is 0 Å². The molecule has 1 aliphatic rings. The molecule has 1 aliphatic heterocycles. The number of imidazole rings is 1. The van der Waals surface area contributed by atoms with Gasteiger partial charge in [-0.3, -0.25) is 0 Å². The van der Waals surface area contributed by atoms with Gasteiger partial charge in [0.15, 0.2) is 11.6 Å².